The Balaban J connectivity index is 1.38. The van der Waals surface area contributed by atoms with Crippen molar-refractivity contribution in [2.24, 2.45) is 0 Å². The number of nitrogens with zero attached hydrogens (tertiary/aromatic N) is 1. The van der Waals surface area contributed by atoms with Gasteiger partial charge < -0.3 is 28.8 Å². The first-order valence-corrected chi connectivity index (χ1v) is 11.9. The highest BCUT2D eigenvalue weighted by Crippen LogP contribution is 2.42. The third kappa shape index (κ3) is 3.73. The highest BCUT2D eigenvalue weighted by atomic mass is 16.7. The quantitative estimate of drug-likeness (QED) is 0.401. The zero-order valence-electron chi connectivity index (χ0n) is 20.1. The molecule has 2 aliphatic heterocycles. The van der Waals surface area contributed by atoms with Crippen LogP contribution in [0.1, 0.15) is 28.4 Å². The first kappa shape index (κ1) is 22.1. The van der Waals surface area contributed by atoms with Crippen molar-refractivity contribution in [1.82, 2.24) is 9.88 Å². The van der Waals surface area contributed by atoms with Crippen LogP contribution in [0.4, 0.5) is 0 Å². The second-order valence-corrected chi connectivity index (χ2v) is 8.81. The van der Waals surface area contributed by atoms with Crippen LogP contribution in [0.15, 0.2) is 66.7 Å². The van der Waals surface area contributed by atoms with Crippen LogP contribution < -0.4 is 18.9 Å². The van der Waals surface area contributed by atoms with E-state index < -0.39 is 0 Å². The van der Waals surface area contributed by atoms with Crippen molar-refractivity contribution in [3.8, 4) is 23.0 Å². The maximum atomic E-state index is 13.6. The lowest BCUT2D eigenvalue weighted by Gasteiger charge is -2.35. The standard InChI is InChI=1S/C29H26N2O5/c1-33-23-10-7-18(15-25(23)34-2)8-12-27(32)31-14-13-21-20-5-3-4-6-22(20)30-28(21)29(31)19-9-11-24-26(16-19)36-17-35-24/h3-12,15-16,29-30H,13-14,17H2,1-2H3/b12-8+. The molecule has 0 radical (unpaired) electrons. The van der Waals surface area contributed by atoms with Crippen molar-refractivity contribution in [2.45, 2.75) is 12.5 Å². The molecule has 1 N–H and O–H groups in total. The predicted octanol–water partition coefficient (Wildman–Crippen LogP) is 5.10. The number of para-hydroxylation sites is 1. The van der Waals surface area contributed by atoms with Gasteiger partial charge in [0.05, 0.1) is 20.3 Å². The van der Waals surface area contributed by atoms with Crippen molar-refractivity contribution in [1.29, 1.82) is 0 Å². The highest BCUT2D eigenvalue weighted by Gasteiger charge is 2.34. The number of hydrogen-bond donors (Lipinski definition) is 1. The molecule has 7 nitrogen and oxygen atoms in total. The molecule has 6 rings (SSSR count). The molecule has 182 valence electrons. The van der Waals surface area contributed by atoms with E-state index in [1.54, 1.807) is 20.3 Å². The van der Waals surface area contributed by atoms with Gasteiger partial charge in [0.1, 0.15) is 0 Å². The van der Waals surface area contributed by atoms with Crippen molar-refractivity contribution in [3.63, 3.8) is 0 Å². The fourth-order valence-corrected chi connectivity index (χ4v) is 5.13. The summed E-state index contributed by atoms with van der Waals surface area (Å²) in [4.78, 5) is 19.1. The number of benzene rings is 3. The van der Waals surface area contributed by atoms with Crippen LogP contribution in [-0.4, -0.2) is 43.3 Å². The minimum absolute atomic E-state index is 0.0724. The molecule has 7 heteroatoms. The van der Waals surface area contributed by atoms with Gasteiger partial charge in [-0.1, -0.05) is 30.3 Å². The molecule has 1 unspecified atom stereocenters. The average molecular weight is 483 g/mol. The van der Waals surface area contributed by atoms with Crippen molar-refractivity contribution in [2.75, 3.05) is 27.6 Å². The summed E-state index contributed by atoms with van der Waals surface area (Å²) < 4.78 is 21.9. The van der Waals surface area contributed by atoms with Gasteiger partial charge in [-0.05, 0) is 59.5 Å². The molecule has 4 aromatic rings. The third-order valence-electron chi connectivity index (χ3n) is 6.86. The summed E-state index contributed by atoms with van der Waals surface area (Å²) in [5.74, 6) is 2.61. The average Bonchev–Trinajstić information content (AvgIpc) is 3.55. The Hall–Kier alpha value is -4.39. The first-order valence-electron chi connectivity index (χ1n) is 11.9. The van der Waals surface area contributed by atoms with Gasteiger partial charge >= 0.3 is 0 Å². The number of rotatable bonds is 5. The molecule has 1 amide bonds. The molecule has 0 saturated carbocycles. The highest BCUT2D eigenvalue weighted by molar-refractivity contribution is 5.93. The van der Waals surface area contributed by atoms with E-state index >= 15 is 0 Å². The molecule has 3 aromatic carbocycles. The van der Waals surface area contributed by atoms with E-state index in [0.29, 0.717) is 23.8 Å². The number of fused-ring (bicyclic) bond motifs is 4. The van der Waals surface area contributed by atoms with E-state index in [0.717, 1.165) is 34.5 Å². The van der Waals surface area contributed by atoms with Gasteiger partial charge in [0.25, 0.3) is 0 Å². The third-order valence-corrected chi connectivity index (χ3v) is 6.86. The predicted molar refractivity (Wildman–Crippen MR) is 137 cm³/mol. The summed E-state index contributed by atoms with van der Waals surface area (Å²) in [7, 11) is 3.19. The maximum absolute atomic E-state index is 13.6. The largest absolute Gasteiger partial charge is 0.493 e. The molecule has 0 saturated heterocycles. The second-order valence-electron chi connectivity index (χ2n) is 8.81. The zero-order valence-corrected chi connectivity index (χ0v) is 20.1. The summed E-state index contributed by atoms with van der Waals surface area (Å²) in [6, 6.07) is 19.5. The van der Waals surface area contributed by atoms with E-state index in [-0.39, 0.29) is 18.7 Å². The Kier molecular flexibility index (Phi) is 5.52. The van der Waals surface area contributed by atoms with Crippen LogP contribution in [0.25, 0.3) is 17.0 Å². The molecular weight excluding hydrogens is 456 g/mol. The first-order chi connectivity index (χ1) is 17.7. The van der Waals surface area contributed by atoms with Gasteiger partial charge in [0.2, 0.25) is 12.7 Å². The topological polar surface area (TPSA) is 73.0 Å². The van der Waals surface area contributed by atoms with E-state index in [4.69, 9.17) is 18.9 Å². The molecule has 0 spiro atoms. The number of aromatic amines is 1. The number of amides is 1. The van der Waals surface area contributed by atoms with Gasteiger partial charge in [-0.15, -0.1) is 0 Å². The number of hydrogen-bond acceptors (Lipinski definition) is 5. The number of ether oxygens (including phenoxy) is 4. The smallest absolute Gasteiger partial charge is 0.247 e. The normalized spacial score (nSPS) is 16.4. The van der Waals surface area contributed by atoms with Gasteiger partial charge in [-0.3, -0.25) is 4.79 Å². The fraction of sp³-hybridized carbons (Fsp3) is 0.207. The number of carbonyl (C=O) groups is 1. The number of aromatic nitrogens is 1. The van der Waals surface area contributed by atoms with Crippen molar-refractivity contribution >= 4 is 22.9 Å². The zero-order chi connectivity index (χ0) is 24.6. The summed E-state index contributed by atoms with van der Waals surface area (Å²) in [6.07, 6.45) is 4.20. The maximum Gasteiger partial charge on any atom is 0.247 e. The lowest BCUT2D eigenvalue weighted by molar-refractivity contribution is -0.128. The molecule has 2 aliphatic rings. The lowest BCUT2D eigenvalue weighted by atomic mass is 9.92. The summed E-state index contributed by atoms with van der Waals surface area (Å²) >= 11 is 0. The Morgan fingerprint density at radius 3 is 2.69 bits per heavy atom. The van der Waals surface area contributed by atoms with Crippen LogP contribution >= 0.6 is 0 Å². The molecule has 3 heterocycles. The SMILES string of the molecule is COc1ccc(/C=C/C(=O)N2CCc3c([nH]c4ccccc34)C2c2ccc3c(c2)OCO3)cc1OC. The van der Waals surface area contributed by atoms with Crippen molar-refractivity contribution in [3.05, 3.63) is 89.1 Å². The van der Waals surface area contributed by atoms with Crippen LogP contribution in [0.3, 0.4) is 0 Å². The van der Waals surface area contributed by atoms with Gasteiger partial charge in [-0.25, -0.2) is 0 Å². The summed E-state index contributed by atoms with van der Waals surface area (Å²) in [5, 5.41) is 1.20. The second kappa shape index (κ2) is 9.00. The van der Waals surface area contributed by atoms with E-state index in [1.807, 2.05) is 53.4 Å². The van der Waals surface area contributed by atoms with Crippen LogP contribution in [0.2, 0.25) is 0 Å². The number of carbonyl (C=O) groups excluding carboxylic acids is 1. The number of nitrogens with one attached hydrogen (secondary N) is 1. The van der Waals surface area contributed by atoms with Crippen LogP contribution in [0.5, 0.6) is 23.0 Å². The van der Waals surface area contributed by atoms with Crippen LogP contribution in [0, 0.1) is 0 Å². The number of methoxy groups -OCH3 is 2. The summed E-state index contributed by atoms with van der Waals surface area (Å²) in [6.45, 7) is 0.806. The summed E-state index contributed by atoms with van der Waals surface area (Å²) in [5.41, 5.74) is 5.18. The minimum atomic E-state index is -0.279. The Morgan fingerprint density at radius 1 is 1.00 bits per heavy atom. The number of H-pyrrole nitrogens is 1. The Bertz CT molecular complexity index is 1490. The molecule has 0 bridgehead atoms. The minimum Gasteiger partial charge on any atom is -0.493 e. The molecule has 1 aromatic heterocycles. The van der Waals surface area contributed by atoms with E-state index in [1.165, 1.54) is 10.9 Å². The fourth-order valence-electron chi connectivity index (χ4n) is 5.13. The van der Waals surface area contributed by atoms with Crippen molar-refractivity contribution < 1.29 is 23.7 Å². The molecule has 1 atom stereocenters. The van der Waals surface area contributed by atoms with Gasteiger partial charge in [-0.2, -0.15) is 0 Å². The van der Waals surface area contributed by atoms with E-state index in [2.05, 4.69) is 23.2 Å². The van der Waals surface area contributed by atoms with Gasteiger partial charge in [0, 0.05) is 29.2 Å². The van der Waals surface area contributed by atoms with Crippen LogP contribution in [-0.2, 0) is 11.2 Å². The monoisotopic (exact) mass is 482 g/mol. The van der Waals surface area contributed by atoms with E-state index in [9.17, 15) is 4.79 Å². The Labute approximate surface area is 208 Å². The molecule has 0 fully saturated rings. The molecule has 36 heavy (non-hydrogen) atoms. The molecule has 0 aliphatic carbocycles. The van der Waals surface area contributed by atoms with Gasteiger partial charge in [0.15, 0.2) is 23.0 Å². The Morgan fingerprint density at radius 2 is 1.83 bits per heavy atom. The molecular formula is C29H26N2O5. The lowest BCUT2D eigenvalue weighted by Crippen LogP contribution is -2.39.